The third kappa shape index (κ3) is 4.81. The summed E-state index contributed by atoms with van der Waals surface area (Å²) in [5.74, 6) is -0.502. The number of para-hydroxylation sites is 1. The zero-order valence-electron chi connectivity index (χ0n) is 13.7. The Labute approximate surface area is 145 Å². The molecule has 0 saturated carbocycles. The average molecular weight is 347 g/mol. The number of carbonyl (C=O) groups excluding carboxylic acids is 2. The summed E-state index contributed by atoms with van der Waals surface area (Å²) >= 11 is 1.62. The van der Waals surface area contributed by atoms with Crippen LogP contribution in [-0.4, -0.2) is 44.0 Å². The van der Waals surface area contributed by atoms with Crippen molar-refractivity contribution in [2.45, 2.75) is 6.04 Å². The molecular formula is C17H21N3O3S. The molecule has 0 radical (unpaired) electrons. The number of ether oxygens (including phenoxy) is 1. The van der Waals surface area contributed by atoms with Crippen LogP contribution in [0.3, 0.4) is 0 Å². The molecule has 1 atom stereocenters. The fourth-order valence-corrected chi connectivity index (χ4v) is 2.98. The number of rotatable bonds is 8. The van der Waals surface area contributed by atoms with E-state index in [4.69, 9.17) is 10.5 Å². The predicted octanol–water partition coefficient (Wildman–Crippen LogP) is 1.64. The molecule has 2 rings (SSSR count). The molecule has 0 aliphatic rings. The van der Waals surface area contributed by atoms with Gasteiger partial charge >= 0.3 is 0 Å². The van der Waals surface area contributed by atoms with Crippen molar-refractivity contribution in [2.24, 2.45) is 5.73 Å². The van der Waals surface area contributed by atoms with Crippen molar-refractivity contribution in [3.8, 4) is 5.75 Å². The van der Waals surface area contributed by atoms with Crippen LogP contribution in [0.1, 0.15) is 22.0 Å². The van der Waals surface area contributed by atoms with E-state index in [9.17, 15) is 9.59 Å². The molecule has 0 fully saturated rings. The minimum absolute atomic E-state index is 0.0823. The largest absolute Gasteiger partial charge is 0.483 e. The summed E-state index contributed by atoms with van der Waals surface area (Å²) in [5.41, 5.74) is 6.62. The molecule has 128 valence electrons. The lowest BCUT2D eigenvalue weighted by molar-refractivity contribution is -0.119. The van der Waals surface area contributed by atoms with Gasteiger partial charge in [0.05, 0.1) is 11.6 Å². The molecule has 1 aromatic heterocycles. The maximum Gasteiger partial charge on any atom is 0.255 e. The van der Waals surface area contributed by atoms with E-state index in [1.807, 2.05) is 25.5 Å². The van der Waals surface area contributed by atoms with Gasteiger partial charge in [-0.2, -0.15) is 11.3 Å². The van der Waals surface area contributed by atoms with E-state index >= 15 is 0 Å². The molecule has 24 heavy (non-hydrogen) atoms. The maximum absolute atomic E-state index is 12.5. The van der Waals surface area contributed by atoms with E-state index in [-0.39, 0.29) is 18.6 Å². The highest BCUT2D eigenvalue weighted by atomic mass is 32.1. The predicted molar refractivity (Wildman–Crippen MR) is 94.2 cm³/mol. The van der Waals surface area contributed by atoms with Crippen LogP contribution in [0, 0.1) is 0 Å². The first-order valence-electron chi connectivity index (χ1n) is 7.46. The second-order valence-corrected chi connectivity index (χ2v) is 6.28. The molecule has 6 nitrogen and oxygen atoms in total. The van der Waals surface area contributed by atoms with Gasteiger partial charge in [-0.3, -0.25) is 9.59 Å². The summed E-state index contributed by atoms with van der Waals surface area (Å²) < 4.78 is 5.30. The number of likely N-dealkylation sites (N-methyl/N-ethyl adjacent to an activating group) is 1. The Bertz CT molecular complexity index is 686. The van der Waals surface area contributed by atoms with E-state index < -0.39 is 5.91 Å². The Kier molecular flexibility index (Phi) is 6.34. The number of nitrogens with zero attached hydrogens (tertiary/aromatic N) is 1. The molecule has 2 amide bonds. The third-order valence-electron chi connectivity index (χ3n) is 3.51. The Morgan fingerprint density at radius 3 is 2.67 bits per heavy atom. The number of carbonyl (C=O) groups is 2. The van der Waals surface area contributed by atoms with Crippen molar-refractivity contribution in [1.29, 1.82) is 0 Å². The zero-order valence-corrected chi connectivity index (χ0v) is 14.5. The average Bonchev–Trinajstić information content (AvgIpc) is 3.07. The number of benzene rings is 1. The van der Waals surface area contributed by atoms with Crippen molar-refractivity contribution in [3.05, 3.63) is 52.2 Å². The number of hydrogen-bond donors (Lipinski definition) is 2. The number of amides is 2. The smallest absolute Gasteiger partial charge is 0.255 e. The summed E-state index contributed by atoms with van der Waals surface area (Å²) in [6, 6.07) is 8.90. The zero-order chi connectivity index (χ0) is 17.5. The molecule has 0 spiro atoms. The van der Waals surface area contributed by atoms with Crippen LogP contribution < -0.4 is 15.8 Å². The molecule has 2 aromatic rings. The van der Waals surface area contributed by atoms with Crippen LogP contribution in [-0.2, 0) is 4.79 Å². The van der Waals surface area contributed by atoms with Crippen LogP contribution >= 0.6 is 11.3 Å². The molecule has 1 aromatic carbocycles. The second-order valence-electron chi connectivity index (χ2n) is 5.50. The first kappa shape index (κ1) is 18.0. The SMILES string of the molecule is CN(C)[C@H](CNC(=O)c1ccccc1OCC(N)=O)c1ccsc1. The Balaban J connectivity index is 2.05. The molecule has 0 aliphatic carbocycles. The normalized spacial score (nSPS) is 12.0. The van der Waals surface area contributed by atoms with Crippen molar-refractivity contribution >= 4 is 23.2 Å². The van der Waals surface area contributed by atoms with Gasteiger partial charge in [0.1, 0.15) is 5.75 Å². The van der Waals surface area contributed by atoms with Crippen molar-refractivity contribution in [2.75, 3.05) is 27.2 Å². The van der Waals surface area contributed by atoms with Gasteiger partial charge in [-0.05, 0) is 48.6 Å². The van der Waals surface area contributed by atoms with E-state index in [0.29, 0.717) is 17.9 Å². The lowest BCUT2D eigenvalue weighted by atomic mass is 10.1. The Hall–Kier alpha value is -2.38. The molecule has 0 unspecified atom stereocenters. The number of thiophene rings is 1. The van der Waals surface area contributed by atoms with E-state index in [2.05, 4.69) is 15.6 Å². The van der Waals surface area contributed by atoms with Gasteiger partial charge in [-0.1, -0.05) is 12.1 Å². The van der Waals surface area contributed by atoms with Crippen LogP contribution in [0.15, 0.2) is 41.1 Å². The van der Waals surface area contributed by atoms with Crippen LogP contribution in [0.5, 0.6) is 5.75 Å². The fraction of sp³-hybridized carbons (Fsp3) is 0.294. The van der Waals surface area contributed by atoms with Crippen molar-refractivity contribution in [3.63, 3.8) is 0 Å². The van der Waals surface area contributed by atoms with E-state index in [0.717, 1.165) is 5.56 Å². The Morgan fingerprint density at radius 1 is 1.29 bits per heavy atom. The van der Waals surface area contributed by atoms with Gasteiger partial charge in [0.25, 0.3) is 11.8 Å². The standard InChI is InChI=1S/C17H21N3O3S/c1-20(2)14(12-7-8-24-11-12)9-19-17(22)13-5-3-4-6-15(13)23-10-16(18)21/h3-8,11,14H,9-10H2,1-2H3,(H2,18,21)(H,19,22)/t14-/m1/s1. The van der Waals surface area contributed by atoms with Crippen molar-refractivity contribution in [1.82, 2.24) is 10.2 Å². The van der Waals surface area contributed by atoms with Gasteiger partial charge in [0, 0.05) is 6.54 Å². The molecule has 7 heteroatoms. The van der Waals surface area contributed by atoms with Crippen LogP contribution in [0.2, 0.25) is 0 Å². The van der Waals surface area contributed by atoms with Crippen molar-refractivity contribution < 1.29 is 14.3 Å². The molecule has 0 aliphatic heterocycles. The van der Waals surface area contributed by atoms with Gasteiger partial charge in [0.2, 0.25) is 0 Å². The van der Waals surface area contributed by atoms with Crippen LogP contribution in [0.4, 0.5) is 0 Å². The van der Waals surface area contributed by atoms with E-state index in [1.165, 1.54) is 0 Å². The Morgan fingerprint density at radius 2 is 2.04 bits per heavy atom. The fourth-order valence-electron chi connectivity index (χ4n) is 2.28. The highest BCUT2D eigenvalue weighted by Gasteiger charge is 2.18. The summed E-state index contributed by atoms with van der Waals surface area (Å²) in [5, 5.41) is 7.01. The lowest BCUT2D eigenvalue weighted by Gasteiger charge is -2.24. The van der Waals surface area contributed by atoms with Gasteiger partial charge in [0.15, 0.2) is 6.61 Å². The third-order valence-corrected chi connectivity index (χ3v) is 4.21. The molecule has 1 heterocycles. The molecule has 0 saturated heterocycles. The summed E-state index contributed by atoms with van der Waals surface area (Å²) in [4.78, 5) is 25.4. The van der Waals surface area contributed by atoms with Gasteiger partial charge < -0.3 is 20.7 Å². The highest BCUT2D eigenvalue weighted by Crippen LogP contribution is 2.21. The summed E-state index contributed by atoms with van der Waals surface area (Å²) in [6.07, 6.45) is 0. The highest BCUT2D eigenvalue weighted by molar-refractivity contribution is 7.07. The second kappa shape index (κ2) is 8.47. The number of hydrogen-bond acceptors (Lipinski definition) is 5. The van der Waals surface area contributed by atoms with E-state index in [1.54, 1.807) is 35.6 Å². The topological polar surface area (TPSA) is 84.7 Å². The first-order valence-corrected chi connectivity index (χ1v) is 8.40. The van der Waals surface area contributed by atoms with Crippen LogP contribution in [0.25, 0.3) is 0 Å². The molecule has 3 N–H and O–H groups in total. The van der Waals surface area contributed by atoms with Gasteiger partial charge in [-0.25, -0.2) is 0 Å². The summed E-state index contributed by atoms with van der Waals surface area (Å²) in [6.45, 7) is 0.201. The first-order chi connectivity index (χ1) is 11.5. The summed E-state index contributed by atoms with van der Waals surface area (Å²) in [7, 11) is 3.94. The number of primary amides is 1. The maximum atomic E-state index is 12.5. The monoisotopic (exact) mass is 347 g/mol. The van der Waals surface area contributed by atoms with Gasteiger partial charge in [-0.15, -0.1) is 0 Å². The molecule has 0 bridgehead atoms. The minimum atomic E-state index is -0.588. The quantitative estimate of drug-likeness (QED) is 0.760. The minimum Gasteiger partial charge on any atom is -0.483 e. The lowest BCUT2D eigenvalue weighted by Crippen LogP contribution is -2.34. The number of nitrogens with one attached hydrogen (secondary N) is 1. The number of nitrogens with two attached hydrogens (primary N) is 1. The molecular weight excluding hydrogens is 326 g/mol.